The monoisotopic (exact) mass is 296 g/mol. The molecule has 3 rings (SSSR count). The molecule has 1 aliphatic heterocycles. The van der Waals surface area contributed by atoms with Crippen molar-refractivity contribution in [2.24, 2.45) is 0 Å². The van der Waals surface area contributed by atoms with Gasteiger partial charge in [-0.2, -0.15) is 0 Å². The summed E-state index contributed by atoms with van der Waals surface area (Å²) in [7, 11) is 1.58. The summed E-state index contributed by atoms with van der Waals surface area (Å²) < 4.78 is 0. The molecule has 1 heterocycles. The van der Waals surface area contributed by atoms with Crippen molar-refractivity contribution < 1.29 is 9.59 Å². The van der Waals surface area contributed by atoms with Gasteiger partial charge < -0.3 is 5.32 Å². The number of amides is 2. The fraction of sp³-hybridized carbons (Fsp3) is 0.222. The Hall–Kier alpha value is -2.62. The van der Waals surface area contributed by atoms with E-state index in [2.05, 4.69) is 5.32 Å². The van der Waals surface area contributed by atoms with Crippen molar-refractivity contribution >= 4 is 23.2 Å². The number of carbonyl (C=O) groups excluding carboxylic acids is 2. The fourth-order valence-corrected chi connectivity index (χ4v) is 2.51. The van der Waals surface area contributed by atoms with Crippen molar-refractivity contribution in [1.29, 1.82) is 0 Å². The zero-order chi connectivity index (χ0) is 16.1. The molecule has 0 atom stereocenters. The van der Waals surface area contributed by atoms with E-state index >= 15 is 0 Å². The first-order chi connectivity index (χ1) is 10.7. The number of anilines is 2. The van der Waals surface area contributed by atoms with Gasteiger partial charge >= 0.3 is 6.03 Å². The number of nitrogens with zero attached hydrogens (tertiary/aromatic N) is 1. The average Bonchev–Trinajstić information content (AvgIpc) is 2.70. The molecular weight excluding hydrogens is 276 g/mol. The zero-order valence-corrected chi connectivity index (χ0v) is 13.1. The van der Waals surface area contributed by atoms with Crippen LogP contribution >= 0.6 is 0 Å². The van der Waals surface area contributed by atoms with Crippen LogP contribution in [-0.4, -0.2) is 18.9 Å². The van der Waals surface area contributed by atoms with Gasteiger partial charge in [0, 0.05) is 19.0 Å². The third-order valence-corrected chi connectivity index (χ3v) is 3.45. The summed E-state index contributed by atoms with van der Waals surface area (Å²) in [6.45, 7) is 4.00. The normalized spacial score (nSPS) is 12.3. The molecule has 0 saturated heterocycles. The number of nitrogens with one attached hydrogen (secondary N) is 1. The predicted molar refractivity (Wildman–Crippen MR) is 88.9 cm³/mol. The molecule has 2 aromatic rings. The van der Waals surface area contributed by atoms with Crippen molar-refractivity contribution in [3.63, 3.8) is 0 Å². The molecule has 114 valence electrons. The topological polar surface area (TPSA) is 49.4 Å². The Morgan fingerprint density at radius 2 is 1.59 bits per heavy atom. The van der Waals surface area contributed by atoms with Crippen molar-refractivity contribution in [3.05, 3.63) is 59.7 Å². The van der Waals surface area contributed by atoms with E-state index in [0.717, 1.165) is 11.3 Å². The minimum absolute atomic E-state index is 0.0273. The second-order valence-corrected chi connectivity index (χ2v) is 4.64. The second-order valence-electron chi connectivity index (χ2n) is 4.64. The van der Waals surface area contributed by atoms with Crippen molar-refractivity contribution in [2.75, 3.05) is 11.9 Å². The Kier molecular flexibility index (Phi) is 4.94. The van der Waals surface area contributed by atoms with Gasteiger partial charge in [-0.05, 0) is 23.8 Å². The van der Waals surface area contributed by atoms with E-state index in [1.165, 1.54) is 0 Å². The van der Waals surface area contributed by atoms with E-state index in [9.17, 15) is 9.59 Å². The number of benzene rings is 2. The molecule has 4 heteroatoms. The quantitative estimate of drug-likeness (QED) is 0.800. The summed E-state index contributed by atoms with van der Waals surface area (Å²) in [4.78, 5) is 26.2. The van der Waals surface area contributed by atoms with Crippen molar-refractivity contribution in [2.45, 2.75) is 20.3 Å². The standard InChI is InChI=1S/C16H14N2O2.C2H6/c1-17-16(20)18-13-8-4-2-6-11(13)10-15(19)12-7-3-5-9-14(12)18;1-2/h2-9H,10H2,1H3,(H,17,20);1-2H3. The van der Waals surface area contributed by atoms with Crippen LogP contribution in [0.3, 0.4) is 0 Å². The average molecular weight is 296 g/mol. The first kappa shape index (κ1) is 15.8. The van der Waals surface area contributed by atoms with Crippen LogP contribution < -0.4 is 10.2 Å². The molecular formula is C18H20N2O2. The van der Waals surface area contributed by atoms with Crippen LogP contribution in [0.15, 0.2) is 48.5 Å². The Balaban J connectivity index is 0.000000847. The molecule has 1 aliphatic rings. The van der Waals surface area contributed by atoms with Gasteiger partial charge in [0.2, 0.25) is 0 Å². The first-order valence-corrected chi connectivity index (χ1v) is 7.44. The fourth-order valence-electron chi connectivity index (χ4n) is 2.51. The summed E-state index contributed by atoms with van der Waals surface area (Å²) in [5.41, 5.74) is 2.82. The molecule has 0 spiro atoms. The zero-order valence-electron chi connectivity index (χ0n) is 13.1. The number of hydrogen-bond acceptors (Lipinski definition) is 2. The van der Waals surface area contributed by atoms with Gasteiger partial charge in [-0.25, -0.2) is 4.79 Å². The molecule has 0 aliphatic carbocycles. The molecule has 22 heavy (non-hydrogen) atoms. The van der Waals surface area contributed by atoms with E-state index < -0.39 is 0 Å². The van der Waals surface area contributed by atoms with Crippen molar-refractivity contribution in [1.82, 2.24) is 5.32 Å². The number of urea groups is 1. The lowest BCUT2D eigenvalue weighted by Gasteiger charge is -2.23. The van der Waals surface area contributed by atoms with E-state index in [1.807, 2.05) is 50.2 Å². The Morgan fingerprint density at radius 1 is 1.00 bits per heavy atom. The number of rotatable bonds is 0. The van der Waals surface area contributed by atoms with Crippen LogP contribution in [0.25, 0.3) is 0 Å². The highest BCUT2D eigenvalue weighted by atomic mass is 16.2. The predicted octanol–water partition coefficient (Wildman–Crippen LogP) is 3.93. The molecule has 0 radical (unpaired) electrons. The number of para-hydroxylation sites is 2. The van der Waals surface area contributed by atoms with Crippen LogP contribution in [0.4, 0.5) is 16.2 Å². The molecule has 1 N–H and O–H groups in total. The SMILES string of the molecule is CC.CNC(=O)N1c2ccccc2CC(=O)c2ccccc21. The Bertz CT molecular complexity index is 695. The lowest BCUT2D eigenvalue weighted by molar-refractivity contribution is 0.0994. The smallest absolute Gasteiger partial charge is 0.326 e. The highest BCUT2D eigenvalue weighted by Gasteiger charge is 2.28. The van der Waals surface area contributed by atoms with E-state index in [1.54, 1.807) is 24.1 Å². The molecule has 4 nitrogen and oxygen atoms in total. The highest BCUT2D eigenvalue weighted by Crippen LogP contribution is 2.35. The van der Waals surface area contributed by atoms with Gasteiger partial charge in [0.05, 0.1) is 11.4 Å². The van der Waals surface area contributed by atoms with Crippen LogP contribution in [0, 0.1) is 0 Å². The molecule has 0 bridgehead atoms. The van der Waals surface area contributed by atoms with Gasteiger partial charge in [0.25, 0.3) is 0 Å². The van der Waals surface area contributed by atoms with E-state index in [-0.39, 0.29) is 11.8 Å². The summed E-state index contributed by atoms with van der Waals surface area (Å²) in [5, 5.41) is 2.63. The number of Topliss-reactive ketones (excluding diaryl/α,β-unsaturated/α-hetero) is 1. The van der Waals surface area contributed by atoms with Crippen LogP contribution in [0.5, 0.6) is 0 Å². The van der Waals surface area contributed by atoms with Gasteiger partial charge in [0.15, 0.2) is 5.78 Å². The number of hydrogen-bond donors (Lipinski definition) is 1. The number of carbonyl (C=O) groups is 2. The number of ketones is 1. The molecule has 2 amide bonds. The van der Waals surface area contributed by atoms with E-state index in [4.69, 9.17) is 0 Å². The number of fused-ring (bicyclic) bond motifs is 2. The summed E-state index contributed by atoms with van der Waals surface area (Å²) in [6, 6.07) is 14.4. The summed E-state index contributed by atoms with van der Waals surface area (Å²) in [6.07, 6.45) is 0.306. The minimum Gasteiger partial charge on any atom is -0.340 e. The second kappa shape index (κ2) is 6.89. The Morgan fingerprint density at radius 3 is 2.27 bits per heavy atom. The molecule has 0 aromatic heterocycles. The Labute approximate surface area is 130 Å². The highest BCUT2D eigenvalue weighted by molar-refractivity contribution is 6.12. The first-order valence-electron chi connectivity index (χ1n) is 7.44. The molecule has 2 aromatic carbocycles. The molecule has 0 unspecified atom stereocenters. The molecule has 0 fully saturated rings. The molecule has 0 saturated carbocycles. The van der Waals surface area contributed by atoms with Crippen LogP contribution in [0.1, 0.15) is 29.8 Å². The minimum atomic E-state index is -0.250. The maximum atomic E-state index is 12.4. The third kappa shape index (κ3) is 2.72. The van der Waals surface area contributed by atoms with Gasteiger partial charge in [-0.1, -0.05) is 44.2 Å². The van der Waals surface area contributed by atoms with Crippen molar-refractivity contribution in [3.8, 4) is 0 Å². The summed E-state index contributed by atoms with van der Waals surface area (Å²) >= 11 is 0. The summed E-state index contributed by atoms with van der Waals surface area (Å²) in [5.74, 6) is 0.0273. The lowest BCUT2D eigenvalue weighted by atomic mass is 10.0. The maximum Gasteiger partial charge on any atom is 0.326 e. The maximum absolute atomic E-state index is 12.4. The van der Waals surface area contributed by atoms with Gasteiger partial charge in [-0.3, -0.25) is 9.69 Å². The largest absolute Gasteiger partial charge is 0.340 e. The van der Waals surface area contributed by atoms with Gasteiger partial charge in [-0.15, -0.1) is 0 Å². The third-order valence-electron chi connectivity index (χ3n) is 3.45. The van der Waals surface area contributed by atoms with E-state index in [0.29, 0.717) is 17.7 Å². The van der Waals surface area contributed by atoms with Gasteiger partial charge in [0.1, 0.15) is 0 Å². The van der Waals surface area contributed by atoms with Crippen LogP contribution in [0.2, 0.25) is 0 Å². The van der Waals surface area contributed by atoms with Crippen LogP contribution in [-0.2, 0) is 6.42 Å². The lowest BCUT2D eigenvalue weighted by Crippen LogP contribution is -2.35.